The molecule has 48 heavy (non-hydrogen) atoms. The molecular weight excluding hydrogens is 596 g/mol. The molecule has 5 aliphatic carbocycles. The fraction of sp³-hybridized carbons (Fsp3) is 0.690. The molecule has 0 radical (unpaired) electrons. The van der Waals surface area contributed by atoms with Crippen LogP contribution in [0.15, 0.2) is 42.5 Å². The van der Waals surface area contributed by atoms with Crippen molar-refractivity contribution in [3.63, 3.8) is 0 Å². The van der Waals surface area contributed by atoms with Crippen LogP contribution in [0.5, 0.6) is 0 Å². The van der Waals surface area contributed by atoms with Crippen LogP contribution in [0.3, 0.4) is 0 Å². The second kappa shape index (κ2) is 12.2. The summed E-state index contributed by atoms with van der Waals surface area (Å²) in [5, 5.41) is 15.9. The molecule has 4 unspecified atom stereocenters. The van der Waals surface area contributed by atoms with E-state index in [-0.39, 0.29) is 38.8 Å². The van der Waals surface area contributed by atoms with E-state index in [4.69, 9.17) is 0 Å². The second-order valence-corrected chi connectivity index (χ2v) is 17.9. The van der Waals surface area contributed by atoms with Gasteiger partial charge in [-0.3, -0.25) is 9.59 Å². The molecule has 0 bridgehead atoms. The van der Waals surface area contributed by atoms with Gasteiger partial charge in [0.25, 0.3) is 0 Å². The molecule has 1 aromatic carbocycles. The smallest absolute Gasteiger partial charge is 0.335 e. The molecule has 6 nitrogen and oxygen atoms in total. The van der Waals surface area contributed by atoms with Crippen LogP contribution in [0.2, 0.25) is 0 Å². The number of ketones is 1. The van der Waals surface area contributed by atoms with E-state index in [0.29, 0.717) is 54.8 Å². The highest BCUT2D eigenvalue weighted by molar-refractivity contribution is 5.88. The first-order chi connectivity index (χ1) is 22.5. The van der Waals surface area contributed by atoms with Crippen LogP contribution >= 0.6 is 0 Å². The van der Waals surface area contributed by atoms with Gasteiger partial charge in [-0.05, 0) is 146 Å². The summed E-state index contributed by atoms with van der Waals surface area (Å²) in [4.78, 5) is 37.2. The highest BCUT2D eigenvalue weighted by atomic mass is 16.4. The van der Waals surface area contributed by atoms with Gasteiger partial charge in [0.2, 0.25) is 5.91 Å². The number of nitrogens with one attached hydrogen (secondary N) is 2. The molecule has 0 aromatic heterocycles. The highest BCUT2D eigenvalue weighted by Gasteiger charge is 2.71. The molecule has 0 saturated heterocycles. The van der Waals surface area contributed by atoms with Gasteiger partial charge < -0.3 is 15.7 Å². The van der Waals surface area contributed by atoms with E-state index in [9.17, 15) is 19.5 Å². The number of carbonyl (C=O) groups is 3. The number of hydrogen-bond donors (Lipinski definition) is 3. The first kappa shape index (κ1) is 35.1. The van der Waals surface area contributed by atoms with Crippen molar-refractivity contribution in [3.05, 3.63) is 53.6 Å². The predicted octanol–water partition coefficient (Wildman–Crippen LogP) is 8.33. The van der Waals surface area contributed by atoms with Crippen molar-refractivity contribution in [2.24, 2.45) is 56.7 Å². The predicted molar refractivity (Wildman–Crippen MR) is 192 cm³/mol. The van der Waals surface area contributed by atoms with Crippen molar-refractivity contribution >= 4 is 23.2 Å². The third-order valence-electron chi connectivity index (χ3n) is 15.5. The van der Waals surface area contributed by atoms with Crippen LogP contribution in [0.1, 0.15) is 122 Å². The summed E-state index contributed by atoms with van der Waals surface area (Å²) >= 11 is 0. The summed E-state index contributed by atoms with van der Waals surface area (Å²) in [7, 11) is 0. The van der Waals surface area contributed by atoms with Gasteiger partial charge in [0.1, 0.15) is 5.78 Å². The summed E-state index contributed by atoms with van der Waals surface area (Å²) in [5.41, 5.74) is 4.26. The highest BCUT2D eigenvalue weighted by Crippen LogP contribution is 2.77. The molecule has 4 saturated carbocycles. The van der Waals surface area contributed by atoms with Crippen LogP contribution in [-0.2, 0) is 9.59 Å². The average Bonchev–Trinajstić information content (AvgIpc) is 3.42. The largest absolute Gasteiger partial charge is 0.478 e. The third kappa shape index (κ3) is 5.17. The molecule has 262 valence electrons. The second-order valence-electron chi connectivity index (χ2n) is 17.9. The summed E-state index contributed by atoms with van der Waals surface area (Å²) in [6.45, 7) is 22.5. The Hall–Kier alpha value is -2.73. The average molecular weight is 657 g/mol. The number of carboxylic acids is 1. The SMILES string of the molecule is C=C(C)[C@@H]1CC[C@]2(C(=O)NCCNCC(C)=O)CC[C@]3(C)C(CCC4[C@@]5(C)CC=C(c6ccc(C(=O)O)cc6)C(C)(C)C5CC[C@]43C)C12. The zero-order valence-corrected chi connectivity index (χ0v) is 30.6. The maximum Gasteiger partial charge on any atom is 0.335 e. The number of fused-ring (bicyclic) bond motifs is 7. The summed E-state index contributed by atoms with van der Waals surface area (Å²) in [6, 6.07) is 7.51. The quantitative estimate of drug-likeness (QED) is 0.184. The van der Waals surface area contributed by atoms with E-state index in [2.05, 4.69) is 64.8 Å². The number of carboxylic acid groups (broad SMARTS) is 1. The monoisotopic (exact) mass is 656 g/mol. The molecule has 1 aromatic rings. The van der Waals surface area contributed by atoms with Crippen molar-refractivity contribution < 1.29 is 19.5 Å². The Morgan fingerprint density at radius 1 is 0.854 bits per heavy atom. The first-order valence-corrected chi connectivity index (χ1v) is 18.7. The molecular formula is C42H60N2O4. The van der Waals surface area contributed by atoms with Crippen molar-refractivity contribution in [2.75, 3.05) is 19.6 Å². The zero-order chi connectivity index (χ0) is 34.9. The lowest BCUT2D eigenvalue weighted by Gasteiger charge is -2.72. The molecule has 9 atom stereocenters. The van der Waals surface area contributed by atoms with Gasteiger partial charge >= 0.3 is 5.97 Å². The molecule has 0 aliphatic heterocycles. The van der Waals surface area contributed by atoms with Gasteiger partial charge in [0.15, 0.2) is 0 Å². The Morgan fingerprint density at radius 3 is 2.21 bits per heavy atom. The number of rotatable bonds is 9. The molecule has 1 amide bonds. The molecule has 4 fully saturated rings. The number of hydrogen-bond acceptors (Lipinski definition) is 4. The van der Waals surface area contributed by atoms with Crippen molar-refractivity contribution in [2.45, 2.75) is 106 Å². The Kier molecular flexibility index (Phi) is 8.96. The number of amides is 1. The van der Waals surface area contributed by atoms with E-state index < -0.39 is 5.97 Å². The van der Waals surface area contributed by atoms with Crippen LogP contribution < -0.4 is 10.6 Å². The number of Topliss-reactive ketones (excluding diaryl/α,β-unsaturated/α-hetero) is 1. The molecule has 0 heterocycles. The van der Waals surface area contributed by atoms with Crippen molar-refractivity contribution in [3.8, 4) is 0 Å². The van der Waals surface area contributed by atoms with E-state index in [1.165, 1.54) is 36.8 Å². The molecule has 3 N–H and O–H groups in total. The molecule has 5 aliphatic rings. The number of aromatic carboxylic acids is 1. The maximum atomic E-state index is 14.2. The fourth-order valence-corrected chi connectivity index (χ4v) is 13.1. The normalized spacial score (nSPS) is 39.6. The van der Waals surface area contributed by atoms with Crippen LogP contribution in [-0.4, -0.2) is 42.4 Å². The Bertz CT molecular complexity index is 1510. The minimum Gasteiger partial charge on any atom is -0.478 e. The minimum absolute atomic E-state index is 0.0214. The van der Waals surface area contributed by atoms with E-state index in [0.717, 1.165) is 37.7 Å². The molecule has 6 rings (SSSR count). The summed E-state index contributed by atoms with van der Waals surface area (Å²) < 4.78 is 0. The van der Waals surface area contributed by atoms with Gasteiger partial charge in [-0.2, -0.15) is 0 Å². The third-order valence-corrected chi connectivity index (χ3v) is 15.5. The van der Waals surface area contributed by atoms with E-state index >= 15 is 0 Å². The Balaban J connectivity index is 1.29. The molecule has 6 heteroatoms. The van der Waals surface area contributed by atoms with Gasteiger partial charge in [-0.1, -0.05) is 65.0 Å². The molecule has 0 spiro atoms. The van der Waals surface area contributed by atoms with Gasteiger partial charge in [-0.15, -0.1) is 0 Å². The Labute approximate surface area is 289 Å². The van der Waals surface area contributed by atoms with E-state index in [1.807, 2.05) is 12.1 Å². The summed E-state index contributed by atoms with van der Waals surface area (Å²) in [5.74, 6) is 1.81. The number of benzene rings is 1. The summed E-state index contributed by atoms with van der Waals surface area (Å²) in [6.07, 6.45) is 12.4. The van der Waals surface area contributed by atoms with Crippen LogP contribution in [0, 0.1) is 56.7 Å². The van der Waals surface area contributed by atoms with Crippen LogP contribution in [0.4, 0.5) is 0 Å². The van der Waals surface area contributed by atoms with Crippen LogP contribution in [0.25, 0.3) is 5.57 Å². The first-order valence-electron chi connectivity index (χ1n) is 18.7. The number of carbonyl (C=O) groups excluding carboxylic acids is 2. The Morgan fingerprint density at radius 2 is 1.56 bits per heavy atom. The zero-order valence-electron chi connectivity index (χ0n) is 30.6. The topological polar surface area (TPSA) is 95.5 Å². The maximum absolute atomic E-state index is 14.2. The lowest BCUT2D eigenvalue weighted by Crippen LogP contribution is -2.66. The van der Waals surface area contributed by atoms with Gasteiger partial charge in [0.05, 0.1) is 17.5 Å². The van der Waals surface area contributed by atoms with Crippen molar-refractivity contribution in [1.82, 2.24) is 10.6 Å². The van der Waals surface area contributed by atoms with Gasteiger partial charge in [-0.25, -0.2) is 4.79 Å². The van der Waals surface area contributed by atoms with Crippen molar-refractivity contribution in [1.29, 1.82) is 0 Å². The van der Waals surface area contributed by atoms with E-state index in [1.54, 1.807) is 19.1 Å². The number of allylic oxidation sites excluding steroid dienone is 3. The minimum atomic E-state index is -0.882. The standard InChI is InChI=1S/C42H60N2O4/c1-26(2)30-15-20-42(37(48)44-24-23-43-25-27(3)45)22-21-40(7)32(35(30)42)13-14-34-39(6)18-16-31(28-9-11-29(12-10-28)36(46)47)38(4,5)33(39)17-19-41(34,40)8/h9-12,16,30,32-35,43H,1,13-15,17-25H2,2-8H3,(H,44,48)(H,46,47)/t30-,32?,33?,34?,35?,39-,40+,41+,42-/m0/s1. The fourth-order valence-electron chi connectivity index (χ4n) is 13.1. The lowest BCUT2D eigenvalue weighted by molar-refractivity contribution is -0.225. The lowest BCUT2D eigenvalue weighted by atomic mass is 9.32. The van der Waals surface area contributed by atoms with Gasteiger partial charge in [0, 0.05) is 13.1 Å².